The summed E-state index contributed by atoms with van der Waals surface area (Å²) in [6.45, 7) is 3.04. The van der Waals surface area contributed by atoms with Gasteiger partial charge in [-0.05, 0) is 49.2 Å². The van der Waals surface area contributed by atoms with E-state index in [0.29, 0.717) is 5.56 Å². The molecule has 2 aromatic carbocycles. The fraction of sp³-hybridized carbons (Fsp3) is 0.143. The minimum Gasteiger partial charge on any atom is -0.744 e. The molecule has 0 aliphatic rings. The fourth-order valence-corrected chi connectivity index (χ4v) is 3.34. The van der Waals surface area contributed by atoms with Gasteiger partial charge >= 0.3 is 37.7 Å². The first-order chi connectivity index (χ1) is 10.5. The summed E-state index contributed by atoms with van der Waals surface area (Å²) < 4.78 is 72.7. The smallest absolute Gasteiger partial charge is 0.744 e. The van der Waals surface area contributed by atoms with Crippen LogP contribution in [0.4, 0.5) is 0 Å². The van der Waals surface area contributed by atoms with E-state index >= 15 is 0 Å². The molecule has 0 saturated carbocycles. The number of hydrogen-bond donors (Lipinski definition) is 0. The van der Waals surface area contributed by atoms with E-state index in [1.54, 1.807) is 6.92 Å². The Morgan fingerprint density at radius 1 is 0.833 bits per heavy atom. The summed E-state index contributed by atoms with van der Waals surface area (Å²) in [5.74, 6) is -0.317. The van der Waals surface area contributed by atoms with Crippen molar-refractivity contribution in [1.82, 2.24) is 0 Å². The molecule has 0 unspecified atom stereocenters. The van der Waals surface area contributed by atoms with Crippen LogP contribution < -0.4 is 4.74 Å². The second-order valence-corrected chi connectivity index (χ2v) is 7.58. The molecule has 2 rings (SSSR count). The van der Waals surface area contributed by atoms with Crippen LogP contribution in [0.15, 0.2) is 46.2 Å². The maximum absolute atomic E-state index is 11.3. The number of benzene rings is 2. The average Bonchev–Trinajstić information content (AvgIpc) is 2.40. The van der Waals surface area contributed by atoms with Gasteiger partial charge in [-0.15, -0.1) is 0 Å². The van der Waals surface area contributed by atoms with Crippen LogP contribution in [-0.4, -0.2) is 63.7 Å². The molecule has 7 nitrogen and oxygen atoms in total. The third-order valence-corrected chi connectivity index (χ3v) is 4.86. The third-order valence-electron chi connectivity index (χ3n) is 3.03. The number of aryl methyl sites for hydroxylation is 2. The Bertz CT molecular complexity index is 967. The van der Waals surface area contributed by atoms with Gasteiger partial charge in [0.1, 0.15) is 31.7 Å². The maximum atomic E-state index is 11.3. The molecular formula is C14H12CaO7S2. The van der Waals surface area contributed by atoms with Crippen LogP contribution in [0.25, 0.3) is 0 Å². The summed E-state index contributed by atoms with van der Waals surface area (Å²) in [5.41, 5.74) is 0.770. The molecule has 0 spiro atoms. The van der Waals surface area contributed by atoms with Crippen LogP contribution in [0.2, 0.25) is 0 Å². The molecule has 0 aliphatic carbocycles. The van der Waals surface area contributed by atoms with E-state index in [1.165, 1.54) is 31.2 Å². The second-order valence-electron chi connectivity index (χ2n) is 4.89. The van der Waals surface area contributed by atoms with Crippen LogP contribution in [0.1, 0.15) is 11.1 Å². The topological polar surface area (TPSA) is 124 Å². The van der Waals surface area contributed by atoms with Crippen LogP contribution in [0, 0.1) is 13.8 Å². The first kappa shape index (κ1) is 21.4. The van der Waals surface area contributed by atoms with Crippen LogP contribution >= 0.6 is 0 Å². The first-order valence-corrected chi connectivity index (χ1v) is 9.11. The Morgan fingerprint density at radius 2 is 1.42 bits per heavy atom. The summed E-state index contributed by atoms with van der Waals surface area (Å²) in [6.07, 6.45) is 0. The van der Waals surface area contributed by atoms with Crippen molar-refractivity contribution >= 4 is 58.0 Å². The second kappa shape index (κ2) is 7.69. The van der Waals surface area contributed by atoms with Gasteiger partial charge in [0.15, 0.2) is 0 Å². The van der Waals surface area contributed by atoms with Crippen molar-refractivity contribution in [2.24, 2.45) is 0 Å². The summed E-state index contributed by atoms with van der Waals surface area (Å²) in [4.78, 5) is -1.04. The molecule has 124 valence electrons. The molecule has 2 aromatic rings. The summed E-state index contributed by atoms with van der Waals surface area (Å²) in [6, 6.07) is 7.66. The molecule has 0 radical (unpaired) electrons. The van der Waals surface area contributed by atoms with Crippen molar-refractivity contribution in [3.05, 3.63) is 47.5 Å². The molecular weight excluding hydrogens is 384 g/mol. The Morgan fingerprint density at radius 3 is 1.96 bits per heavy atom. The molecule has 24 heavy (non-hydrogen) atoms. The largest absolute Gasteiger partial charge is 2.00 e. The predicted molar refractivity (Wildman–Crippen MR) is 84.1 cm³/mol. The van der Waals surface area contributed by atoms with E-state index in [1.807, 2.05) is 0 Å². The van der Waals surface area contributed by atoms with E-state index in [4.69, 9.17) is 4.74 Å². The van der Waals surface area contributed by atoms with E-state index in [9.17, 15) is 25.9 Å². The normalized spacial score (nSPS) is 11.7. The molecule has 0 atom stereocenters. The van der Waals surface area contributed by atoms with Crippen molar-refractivity contribution in [2.45, 2.75) is 23.6 Å². The minimum atomic E-state index is -4.78. The van der Waals surface area contributed by atoms with Gasteiger partial charge in [0.2, 0.25) is 0 Å². The van der Waals surface area contributed by atoms with Gasteiger partial charge in [0, 0.05) is 0 Å². The zero-order valence-corrected chi connectivity index (χ0v) is 16.7. The molecule has 0 N–H and O–H groups in total. The fourth-order valence-electron chi connectivity index (χ4n) is 1.94. The van der Waals surface area contributed by atoms with E-state index < -0.39 is 30.0 Å². The molecule has 0 aromatic heterocycles. The van der Waals surface area contributed by atoms with Gasteiger partial charge in [0.05, 0.1) is 9.79 Å². The summed E-state index contributed by atoms with van der Waals surface area (Å²) in [5, 5.41) is 0. The van der Waals surface area contributed by atoms with Gasteiger partial charge in [-0.1, -0.05) is 12.1 Å². The Hall–Kier alpha value is -0.680. The standard InChI is InChI=1S/C14H14O7S2.Ca/c1-9-3-6-12(14(7-9)23(18,19)20)21-11-5-4-10(2)13(8-11)22(15,16)17;/h3-8H,1-2H3,(H,15,16,17)(H,18,19,20);/q;+2/p-2. The molecule has 0 saturated heterocycles. The van der Waals surface area contributed by atoms with Gasteiger partial charge < -0.3 is 13.8 Å². The summed E-state index contributed by atoms with van der Waals surface area (Å²) >= 11 is 0. The molecule has 10 heteroatoms. The zero-order chi connectivity index (χ0) is 17.4. The van der Waals surface area contributed by atoms with E-state index in [-0.39, 0.29) is 54.8 Å². The molecule has 0 amide bonds. The summed E-state index contributed by atoms with van der Waals surface area (Å²) in [7, 11) is -9.48. The number of hydrogen-bond acceptors (Lipinski definition) is 7. The minimum absolute atomic E-state index is 0. The van der Waals surface area contributed by atoms with E-state index in [0.717, 1.165) is 12.1 Å². The van der Waals surface area contributed by atoms with E-state index in [2.05, 4.69) is 0 Å². The Balaban J connectivity index is 0.00000288. The predicted octanol–water partition coefficient (Wildman–Crippen LogP) is 1.52. The molecule has 0 heterocycles. The monoisotopic (exact) mass is 396 g/mol. The SMILES string of the molecule is Cc1ccc(Oc2ccc(C)c(S(=O)(=O)[O-])c2)c(S(=O)(=O)[O-])c1.[Ca+2]. The van der Waals surface area contributed by atoms with Gasteiger partial charge in [-0.25, -0.2) is 16.8 Å². The van der Waals surface area contributed by atoms with Crippen molar-refractivity contribution in [3.8, 4) is 11.5 Å². The average molecular weight is 396 g/mol. The van der Waals surface area contributed by atoms with Crippen molar-refractivity contribution in [1.29, 1.82) is 0 Å². The van der Waals surface area contributed by atoms with Crippen molar-refractivity contribution in [2.75, 3.05) is 0 Å². The molecule has 0 fully saturated rings. The van der Waals surface area contributed by atoms with Crippen molar-refractivity contribution in [3.63, 3.8) is 0 Å². The quantitative estimate of drug-likeness (QED) is 0.567. The van der Waals surface area contributed by atoms with Crippen LogP contribution in [0.3, 0.4) is 0 Å². The zero-order valence-electron chi connectivity index (χ0n) is 12.8. The number of ether oxygens (including phenoxy) is 1. The Kier molecular flexibility index (Phi) is 6.85. The third kappa shape index (κ3) is 5.16. The molecule has 0 aliphatic heterocycles. The van der Waals surface area contributed by atoms with Gasteiger partial charge in [0.25, 0.3) is 0 Å². The maximum Gasteiger partial charge on any atom is 2.00 e. The Labute approximate surface area is 170 Å². The first-order valence-electron chi connectivity index (χ1n) is 6.29. The van der Waals surface area contributed by atoms with Crippen LogP contribution in [-0.2, 0) is 20.2 Å². The van der Waals surface area contributed by atoms with Gasteiger partial charge in [-0.3, -0.25) is 0 Å². The van der Waals surface area contributed by atoms with Crippen LogP contribution in [0.5, 0.6) is 11.5 Å². The van der Waals surface area contributed by atoms with Gasteiger partial charge in [-0.2, -0.15) is 0 Å². The number of rotatable bonds is 4. The molecule has 0 bridgehead atoms. The van der Waals surface area contributed by atoms with Crippen molar-refractivity contribution < 1.29 is 30.7 Å².